The molecule has 96 valence electrons. The highest BCUT2D eigenvalue weighted by Gasteiger charge is 2.10. The minimum Gasteiger partial charge on any atom is -0.490 e. The Labute approximate surface area is 104 Å². The number of aryl methyl sites for hydroxylation is 3. The molecule has 17 heavy (non-hydrogen) atoms. The van der Waals surface area contributed by atoms with Crippen molar-refractivity contribution in [3.05, 3.63) is 28.8 Å². The van der Waals surface area contributed by atoms with Crippen LogP contribution in [0.5, 0.6) is 5.75 Å². The number of ether oxygens (including phenoxy) is 2. The number of nitrogens with two attached hydrogens (primary N) is 1. The van der Waals surface area contributed by atoms with E-state index in [4.69, 9.17) is 15.2 Å². The second-order valence-corrected chi connectivity index (χ2v) is 4.35. The van der Waals surface area contributed by atoms with Gasteiger partial charge in [-0.3, -0.25) is 0 Å². The Morgan fingerprint density at radius 2 is 1.76 bits per heavy atom. The Bertz CT molecular complexity index is 340. The van der Waals surface area contributed by atoms with Crippen LogP contribution in [0.15, 0.2) is 12.1 Å². The predicted molar refractivity (Wildman–Crippen MR) is 70.6 cm³/mol. The molecule has 0 spiro atoms. The molecule has 0 bridgehead atoms. The largest absolute Gasteiger partial charge is 0.490 e. The molecule has 0 aromatic heterocycles. The van der Waals surface area contributed by atoms with E-state index in [2.05, 4.69) is 32.9 Å². The lowest BCUT2D eigenvalue weighted by Crippen LogP contribution is -2.30. The summed E-state index contributed by atoms with van der Waals surface area (Å²) in [6, 6.07) is 4.25. The van der Waals surface area contributed by atoms with Crippen molar-refractivity contribution in [3.8, 4) is 5.75 Å². The van der Waals surface area contributed by atoms with Crippen LogP contribution in [0.4, 0.5) is 0 Å². The Kier molecular flexibility index (Phi) is 5.45. The summed E-state index contributed by atoms with van der Waals surface area (Å²) in [6.07, 6.45) is -0.0277. The zero-order valence-electron chi connectivity index (χ0n) is 11.2. The summed E-state index contributed by atoms with van der Waals surface area (Å²) in [5, 5.41) is 0. The number of benzene rings is 1. The maximum Gasteiger partial charge on any atom is 0.125 e. The smallest absolute Gasteiger partial charge is 0.125 e. The number of hydrogen-bond donors (Lipinski definition) is 1. The van der Waals surface area contributed by atoms with Gasteiger partial charge >= 0.3 is 0 Å². The van der Waals surface area contributed by atoms with Gasteiger partial charge in [0.2, 0.25) is 0 Å². The molecule has 0 fully saturated rings. The maximum absolute atomic E-state index is 5.82. The van der Waals surface area contributed by atoms with E-state index in [1.54, 1.807) is 0 Å². The van der Waals surface area contributed by atoms with E-state index in [1.165, 1.54) is 5.56 Å². The van der Waals surface area contributed by atoms with Gasteiger partial charge in [0, 0.05) is 13.2 Å². The third-order valence-corrected chi connectivity index (χ3v) is 2.68. The quantitative estimate of drug-likeness (QED) is 0.826. The van der Waals surface area contributed by atoms with Gasteiger partial charge in [0.25, 0.3) is 0 Å². The van der Waals surface area contributed by atoms with Gasteiger partial charge in [0.05, 0.1) is 0 Å². The van der Waals surface area contributed by atoms with Gasteiger partial charge in [0.1, 0.15) is 18.5 Å². The van der Waals surface area contributed by atoms with Gasteiger partial charge in [-0.2, -0.15) is 0 Å². The first-order valence-corrected chi connectivity index (χ1v) is 6.10. The fourth-order valence-corrected chi connectivity index (χ4v) is 1.99. The minimum atomic E-state index is -0.0277. The molecule has 0 aliphatic heterocycles. The van der Waals surface area contributed by atoms with Crippen LogP contribution in [0.25, 0.3) is 0 Å². The van der Waals surface area contributed by atoms with Crippen molar-refractivity contribution >= 4 is 0 Å². The van der Waals surface area contributed by atoms with Crippen molar-refractivity contribution in [2.24, 2.45) is 5.73 Å². The first-order chi connectivity index (χ1) is 8.08. The predicted octanol–water partition coefficient (Wildman–Crippen LogP) is 2.35. The molecule has 1 atom stereocenters. The maximum atomic E-state index is 5.82. The topological polar surface area (TPSA) is 44.5 Å². The second-order valence-electron chi connectivity index (χ2n) is 4.35. The summed E-state index contributed by atoms with van der Waals surface area (Å²) < 4.78 is 11.3. The van der Waals surface area contributed by atoms with Gasteiger partial charge in [0.15, 0.2) is 0 Å². The van der Waals surface area contributed by atoms with Crippen LogP contribution in [0.1, 0.15) is 23.6 Å². The fourth-order valence-electron chi connectivity index (χ4n) is 1.99. The van der Waals surface area contributed by atoms with Gasteiger partial charge in [-0.1, -0.05) is 17.7 Å². The monoisotopic (exact) mass is 237 g/mol. The second kappa shape index (κ2) is 6.62. The van der Waals surface area contributed by atoms with Crippen LogP contribution in [-0.2, 0) is 4.74 Å². The Balaban J connectivity index is 2.68. The summed E-state index contributed by atoms with van der Waals surface area (Å²) in [5.41, 5.74) is 9.20. The van der Waals surface area contributed by atoms with Crippen molar-refractivity contribution in [3.63, 3.8) is 0 Å². The lowest BCUT2D eigenvalue weighted by molar-refractivity contribution is 0.0333. The van der Waals surface area contributed by atoms with Crippen LogP contribution < -0.4 is 10.5 Å². The molecule has 0 radical (unpaired) electrons. The molecule has 0 heterocycles. The molecule has 1 aromatic rings. The number of rotatable bonds is 6. The summed E-state index contributed by atoms with van der Waals surface area (Å²) in [6.45, 7) is 9.84. The normalized spacial score (nSPS) is 12.5. The zero-order chi connectivity index (χ0) is 12.8. The first kappa shape index (κ1) is 14.0. The standard InChI is InChI=1S/C14H23NO2/c1-5-16-13(8-15)9-17-14-11(3)6-10(2)7-12(14)4/h6-7,13H,5,8-9,15H2,1-4H3. The SMILES string of the molecule is CCOC(CN)COc1c(C)cc(C)cc1C. The van der Waals surface area contributed by atoms with Crippen molar-refractivity contribution in [1.29, 1.82) is 0 Å². The first-order valence-electron chi connectivity index (χ1n) is 6.10. The molecule has 0 saturated carbocycles. The highest BCUT2D eigenvalue weighted by molar-refractivity contribution is 5.42. The van der Waals surface area contributed by atoms with Crippen LogP contribution in [-0.4, -0.2) is 25.9 Å². The molecule has 3 heteroatoms. The van der Waals surface area contributed by atoms with Gasteiger partial charge in [-0.05, 0) is 38.8 Å². The third kappa shape index (κ3) is 4.02. The molecule has 1 aromatic carbocycles. The van der Waals surface area contributed by atoms with Crippen LogP contribution in [0.2, 0.25) is 0 Å². The molecule has 2 N–H and O–H groups in total. The van der Waals surface area contributed by atoms with Crippen molar-refractivity contribution in [1.82, 2.24) is 0 Å². The molecule has 0 amide bonds. The van der Waals surface area contributed by atoms with Gasteiger partial charge in [-0.25, -0.2) is 0 Å². The Hall–Kier alpha value is -1.06. The molecule has 3 nitrogen and oxygen atoms in total. The molecule has 1 rings (SSSR count). The molecule has 0 aliphatic rings. The van der Waals surface area contributed by atoms with E-state index in [0.717, 1.165) is 16.9 Å². The minimum absolute atomic E-state index is 0.0277. The summed E-state index contributed by atoms with van der Waals surface area (Å²) in [5.74, 6) is 0.953. The Morgan fingerprint density at radius 3 is 2.24 bits per heavy atom. The lowest BCUT2D eigenvalue weighted by Gasteiger charge is -2.18. The summed E-state index contributed by atoms with van der Waals surface area (Å²) in [4.78, 5) is 0. The van der Waals surface area contributed by atoms with Crippen molar-refractivity contribution < 1.29 is 9.47 Å². The van der Waals surface area contributed by atoms with E-state index in [1.807, 2.05) is 6.92 Å². The van der Waals surface area contributed by atoms with Gasteiger partial charge in [-0.15, -0.1) is 0 Å². The average Bonchev–Trinajstić information content (AvgIpc) is 2.26. The lowest BCUT2D eigenvalue weighted by atomic mass is 10.1. The molecular weight excluding hydrogens is 214 g/mol. The highest BCUT2D eigenvalue weighted by atomic mass is 16.5. The average molecular weight is 237 g/mol. The molecule has 0 saturated heterocycles. The van der Waals surface area contributed by atoms with Crippen LogP contribution >= 0.6 is 0 Å². The number of hydrogen-bond acceptors (Lipinski definition) is 3. The Morgan fingerprint density at radius 1 is 1.18 bits per heavy atom. The third-order valence-electron chi connectivity index (χ3n) is 2.68. The fraction of sp³-hybridized carbons (Fsp3) is 0.571. The van der Waals surface area contributed by atoms with E-state index in [0.29, 0.717) is 19.8 Å². The molecular formula is C14H23NO2. The van der Waals surface area contributed by atoms with E-state index < -0.39 is 0 Å². The highest BCUT2D eigenvalue weighted by Crippen LogP contribution is 2.24. The van der Waals surface area contributed by atoms with E-state index in [-0.39, 0.29) is 6.10 Å². The van der Waals surface area contributed by atoms with Crippen LogP contribution in [0, 0.1) is 20.8 Å². The van der Waals surface area contributed by atoms with E-state index in [9.17, 15) is 0 Å². The van der Waals surface area contributed by atoms with Gasteiger partial charge < -0.3 is 15.2 Å². The van der Waals surface area contributed by atoms with E-state index >= 15 is 0 Å². The zero-order valence-corrected chi connectivity index (χ0v) is 11.2. The van der Waals surface area contributed by atoms with Crippen molar-refractivity contribution in [2.45, 2.75) is 33.8 Å². The van der Waals surface area contributed by atoms with Crippen LogP contribution in [0.3, 0.4) is 0 Å². The molecule has 1 unspecified atom stereocenters. The van der Waals surface area contributed by atoms with Crippen molar-refractivity contribution in [2.75, 3.05) is 19.8 Å². The summed E-state index contributed by atoms with van der Waals surface area (Å²) >= 11 is 0. The summed E-state index contributed by atoms with van der Waals surface area (Å²) in [7, 11) is 0. The molecule has 0 aliphatic carbocycles.